The maximum Gasteiger partial charge on any atom is 0.0861 e. The lowest BCUT2D eigenvalue weighted by Gasteiger charge is -2.01. The molecule has 1 N–H and O–H groups in total. The second-order valence-corrected chi connectivity index (χ2v) is 3.02. The molecule has 0 unspecified atom stereocenters. The first-order chi connectivity index (χ1) is 6.41. The topological polar surface area (TPSA) is 45.4 Å². The van der Waals surface area contributed by atoms with Gasteiger partial charge in [-0.2, -0.15) is 0 Å². The van der Waals surface area contributed by atoms with Gasteiger partial charge in [0.05, 0.1) is 12.6 Å². The molecule has 3 heteroatoms. The van der Waals surface area contributed by atoms with Crippen LogP contribution in [0.3, 0.4) is 0 Å². The lowest BCUT2D eigenvalue weighted by atomic mass is 10.2. The number of nitrogens with zero attached hydrogens (tertiary/aromatic N) is 1. The Kier molecular flexibility index (Phi) is 10.8. The highest BCUT2D eigenvalue weighted by molar-refractivity contribution is 5.35. The Morgan fingerprint density at radius 3 is 2.62 bits per heavy atom. The average molecular weight is 184 g/mol. The van der Waals surface area contributed by atoms with Gasteiger partial charge in [0.1, 0.15) is 0 Å². The van der Waals surface area contributed by atoms with Gasteiger partial charge in [0.15, 0.2) is 0 Å². The molecule has 0 aliphatic carbocycles. The van der Waals surface area contributed by atoms with Crippen LogP contribution in [0.5, 0.6) is 0 Å². The van der Waals surface area contributed by atoms with Crippen molar-refractivity contribution in [2.75, 3.05) is 19.8 Å². The highest BCUT2D eigenvalue weighted by Gasteiger charge is 1.89. The van der Waals surface area contributed by atoms with Crippen molar-refractivity contribution in [2.24, 2.45) is 4.99 Å². The molecule has 0 fully saturated rings. The van der Waals surface area contributed by atoms with Crippen molar-refractivity contribution in [3.05, 3.63) is 0 Å². The summed E-state index contributed by atoms with van der Waals surface area (Å²) >= 11 is 0. The molecule has 0 heterocycles. The lowest BCUT2D eigenvalue weighted by Crippen LogP contribution is -1.98. The minimum absolute atomic E-state index is 0.665. The molecular formula is C10H20N2O. The zero-order valence-corrected chi connectivity index (χ0v) is 8.51. The van der Waals surface area contributed by atoms with Crippen LogP contribution in [0, 0.1) is 5.41 Å². The van der Waals surface area contributed by atoms with Gasteiger partial charge in [-0.05, 0) is 12.8 Å². The monoisotopic (exact) mass is 184 g/mol. The van der Waals surface area contributed by atoms with Gasteiger partial charge in [-0.1, -0.05) is 26.2 Å². The molecule has 0 spiro atoms. The number of hydrogen-bond acceptors (Lipinski definition) is 3. The van der Waals surface area contributed by atoms with E-state index >= 15 is 0 Å². The predicted molar refractivity (Wildman–Crippen MR) is 54.6 cm³/mol. The van der Waals surface area contributed by atoms with E-state index in [9.17, 15) is 0 Å². The van der Waals surface area contributed by atoms with Gasteiger partial charge >= 0.3 is 0 Å². The van der Waals surface area contributed by atoms with E-state index in [1.165, 1.54) is 25.7 Å². The summed E-state index contributed by atoms with van der Waals surface area (Å²) in [5.74, 6) is 0. The summed E-state index contributed by atoms with van der Waals surface area (Å²) in [6.07, 6.45) is 5.92. The number of aliphatic imine (C=N–C) groups is 1. The number of rotatable bonds is 9. The zero-order valence-electron chi connectivity index (χ0n) is 8.51. The van der Waals surface area contributed by atoms with E-state index in [1.807, 2.05) is 6.01 Å². The Balaban J connectivity index is 2.87. The number of unbranched alkanes of at least 4 members (excludes halogenated alkanes) is 3. The Bertz CT molecular complexity index is 142. The Hall–Kier alpha value is -0.660. The summed E-state index contributed by atoms with van der Waals surface area (Å²) in [5, 5.41) is 6.54. The standard InChI is InChI=1S/C10H20N2O/c1-2-3-4-5-8-13-9-6-7-12-10-11/h11H,2-9H2,1H3. The van der Waals surface area contributed by atoms with E-state index in [-0.39, 0.29) is 0 Å². The fourth-order valence-electron chi connectivity index (χ4n) is 1.03. The van der Waals surface area contributed by atoms with E-state index in [2.05, 4.69) is 11.9 Å². The molecule has 0 radical (unpaired) electrons. The summed E-state index contributed by atoms with van der Waals surface area (Å²) < 4.78 is 5.38. The molecular weight excluding hydrogens is 164 g/mol. The third-order valence-electron chi connectivity index (χ3n) is 1.78. The Morgan fingerprint density at radius 1 is 1.15 bits per heavy atom. The molecule has 0 aromatic heterocycles. The molecule has 0 saturated carbocycles. The van der Waals surface area contributed by atoms with Crippen LogP contribution in [0.15, 0.2) is 4.99 Å². The van der Waals surface area contributed by atoms with Crippen molar-refractivity contribution in [3.8, 4) is 0 Å². The molecule has 0 amide bonds. The van der Waals surface area contributed by atoms with Gasteiger partial charge in [-0.15, -0.1) is 0 Å². The number of ether oxygens (including phenoxy) is 1. The first-order valence-electron chi connectivity index (χ1n) is 5.07. The number of nitrogens with one attached hydrogen (secondary N) is 1. The molecule has 0 aromatic carbocycles. The summed E-state index contributed by atoms with van der Waals surface area (Å²) in [6, 6.07) is 2.01. The van der Waals surface area contributed by atoms with Crippen LogP contribution in [0.4, 0.5) is 0 Å². The van der Waals surface area contributed by atoms with Crippen LogP contribution < -0.4 is 0 Å². The Morgan fingerprint density at radius 2 is 1.92 bits per heavy atom. The van der Waals surface area contributed by atoms with Crippen LogP contribution in [0.25, 0.3) is 0 Å². The molecule has 76 valence electrons. The molecule has 0 bridgehead atoms. The minimum atomic E-state index is 0.665. The zero-order chi connectivity index (χ0) is 9.78. The predicted octanol–water partition coefficient (Wildman–Crippen LogP) is 2.73. The highest BCUT2D eigenvalue weighted by atomic mass is 16.5. The van der Waals surface area contributed by atoms with Crippen molar-refractivity contribution < 1.29 is 4.74 Å². The third kappa shape index (κ3) is 11.3. The summed E-state index contributed by atoms with van der Waals surface area (Å²) in [7, 11) is 0. The Labute approximate surface area is 80.7 Å². The van der Waals surface area contributed by atoms with Gasteiger partial charge in [-0.3, -0.25) is 0 Å². The summed E-state index contributed by atoms with van der Waals surface area (Å²) in [6.45, 7) is 4.50. The highest BCUT2D eigenvalue weighted by Crippen LogP contribution is 1.98. The largest absolute Gasteiger partial charge is 0.381 e. The first-order valence-corrected chi connectivity index (χ1v) is 5.07. The quantitative estimate of drug-likeness (QED) is 0.434. The smallest absolute Gasteiger partial charge is 0.0861 e. The average Bonchev–Trinajstić information content (AvgIpc) is 2.16. The fraction of sp³-hybridized carbons (Fsp3) is 0.900. The van der Waals surface area contributed by atoms with Crippen molar-refractivity contribution in [1.82, 2.24) is 0 Å². The van der Waals surface area contributed by atoms with Crippen LogP contribution in [-0.2, 0) is 4.74 Å². The first kappa shape index (κ1) is 12.3. The summed E-state index contributed by atoms with van der Waals surface area (Å²) in [4.78, 5) is 3.66. The molecule has 13 heavy (non-hydrogen) atoms. The maximum atomic E-state index is 6.54. The van der Waals surface area contributed by atoms with E-state index in [4.69, 9.17) is 10.1 Å². The van der Waals surface area contributed by atoms with Crippen molar-refractivity contribution >= 4 is 6.01 Å². The second-order valence-electron chi connectivity index (χ2n) is 3.02. The molecule has 0 aromatic rings. The maximum absolute atomic E-state index is 6.54. The van der Waals surface area contributed by atoms with Gasteiger partial charge in [-0.25, -0.2) is 10.4 Å². The molecule has 0 atom stereocenters. The molecule has 3 nitrogen and oxygen atoms in total. The second kappa shape index (κ2) is 11.3. The van der Waals surface area contributed by atoms with E-state index < -0.39 is 0 Å². The third-order valence-corrected chi connectivity index (χ3v) is 1.78. The van der Waals surface area contributed by atoms with E-state index in [0.717, 1.165) is 19.6 Å². The molecule has 0 aliphatic rings. The fourth-order valence-corrected chi connectivity index (χ4v) is 1.03. The van der Waals surface area contributed by atoms with Gasteiger partial charge in [0.25, 0.3) is 0 Å². The van der Waals surface area contributed by atoms with E-state index in [1.54, 1.807) is 0 Å². The van der Waals surface area contributed by atoms with Crippen molar-refractivity contribution in [3.63, 3.8) is 0 Å². The SMILES string of the molecule is CCCCCCOCCCN=C=N. The van der Waals surface area contributed by atoms with Crippen LogP contribution in [-0.4, -0.2) is 25.8 Å². The van der Waals surface area contributed by atoms with Crippen molar-refractivity contribution in [1.29, 1.82) is 5.41 Å². The summed E-state index contributed by atoms with van der Waals surface area (Å²) in [5.41, 5.74) is 0. The van der Waals surface area contributed by atoms with Crippen molar-refractivity contribution in [2.45, 2.75) is 39.0 Å². The van der Waals surface area contributed by atoms with Crippen LogP contribution >= 0.6 is 0 Å². The molecule has 0 rings (SSSR count). The normalized spacial score (nSPS) is 9.62. The van der Waals surface area contributed by atoms with Crippen LogP contribution in [0.1, 0.15) is 39.0 Å². The lowest BCUT2D eigenvalue weighted by molar-refractivity contribution is 0.129. The van der Waals surface area contributed by atoms with Gasteiger partial charge < -0.3 is 4.74 Å². The number of hydrogen-bond donors (Lipinski definition) is 1. The minimum Gasteiger partial charge on any atom is -0.381 e. The molecule has 0 saturated heterocycles. The van der Waals surface area contributed by atoms with Gasteiger partial charge in [0, 0.05) is 13.2 Å². The van der Waals surface area contributed by atoms with E-state index in [0.29, 0.717) is 6.54 Å². The van der Waals surface area contributed by atoms with Gasteiger partial charge in [0.2, 0.25) is 0 Å². The molecule has 0 aliphatic heterocycles. The van der Waals surface area contributed by atoms with Crippen LogP contribution in [0.2, 0.25) is 0 Å².